The van der Waals surface area contributed by atoms with Crippen LogP contribution in [0, 0.1) is 0 Å². The summed E-state index contributed by atoms with van der Waals surface area (Å²) in [5.74, 6) is 4.81. The van der Waals surface area contributed by atoms with Gasteiger partial charge in [-0.1, -0.05) is 0 Å². The average Bonchev–Trinajstić information content (AvgIpc) is 1.97. The summed E-state index contributed by atoms with van der Waals surface area (Å²) >= 11 is 0. The summed E-state index contributed by atoms with van der Waals surface area (Å²) in [7, 11) is 0. The zero-order valence-corrected chi connectivity index (χ0v) is 6.31. The first-order chi connectivity index (χ1) is 4.91. The maximum atomic E-state index is 5.30. The highest BCUT2D eigenvalue weighted by molar-refractivity contribution is 4.47. The highest BCUT2D eigenvalue weighted by atomic mass is 16.6. The summed E-state index contributed by atoms with van der Waals surface area (Å²) < 4.78 is 0. The molecule has 0 bridgehead atoms. The van der Waals surface area contributed by atoms with Crippen LogP contribution in [0.4, 0.5) is 0 Å². The molecule has 0 atom stereocenters. The van der Waals surface area contributed by atoms with E-state index in [-0.39, 0.29) is 0 Å². The highest BCUT2D eigenvalue weighted by Gasteiger charge is 1.85. The lowest BCUT2D eigenvalue weighted by Gasteiger charge is -2.01. The summed E-state index contributed by atoms with van der Waals surface area (Å²) in [4.78, 5) is 4.36. The molecule has 10 heavy (non-hydrogen) atoms. The summed E-state index contributed by atoms with van der Waals surface area (Å²) in [5.41, 5.74) is 5.30. The second-order valence-electron chi connectivity index (χ2n) is 2.12. The first kappa shape index (κ1) is 9.84. The summed E-state index contributed by atoms with van der Waals surface area (Å²) in [5, 5.41) is 3.16. The van der Waals surface area contributed by atoms with E-state index in [2.05, 4.69) is 10.2 Å². The molecular formula is C6H17N3O. The molecule has 62 valence electrons. The number of unbranched alkanes of at least 4 members (excludes halogenated alkanes) is 1. The van der Waals surface area contributed by atoms with Crippen LogP contribution < -0.4 is 16.9 Å². The Hall–Kier alpha value is -0.160. The standard InChI is InChI=1S/C6H17N3O/c7-3-1-2-4-9-5-6-10-8/h9H,1-8H2. The summed E-state index contributed by atoms with van der Waals surface area (Å²) in [6, 6.07) is 0. The van der Waals surface area contributed by atoms with Gasteiger partial charge in [0.15, 0.2) is 0 Å². The largest absolute Gasteiger partial charge is 0.330 e. The zero-order chi connectivity index (χ0) is 7.66. The van der Waals surface area contributed by atoms with Crippen molar-refractivity contribution in [3.05, 3.63) is 0 Å². The molecule has 0 saturated carbocycles. The van der Waals surface area contributed by atoms with Crippen molar-refractivity contribution in [3.63, 3.8) is 0 Å². The molecule has 0 saturated heterocycles. The van der Waals surface area contributed by atoms with E-state index in [0.29, 0.717) is 6.61 Å². The number of nitrogens with two attached hydrogens (primary N) is 2. The number of hydrogen-bond acceptors (Lipinski definition) is 4. The predicted octanol–water partition coefficient (Wildman–Crippen LogP) is -0.795. The van der Waals surface area contributed by atoms with E-state index >= 15 is 0 Å². The van der Waals surface area contributed by atoms with Gasteiger partial charge in [0.05, 0.1) is 6.61 Å². The molecule has 0 heterocycles. The van der Waals surface area contributed by atoms with Crippen LogP contribution in [-0.4, -0.2) is 26.2 Å². The molecular weight excluding hydrogens is 130 g/mol. The second-order valence-corrected chi connectivity index (χ2v) is 2.12. The predicted molar refractivity (Wildman–Crippen MR) is 41.3 cm³/mol. The highest BCUT2D eigenvalue weighted by Crippen LogP contribution is 1.80. The smallest absolute Gasteiger partial charge is 0.0803 e. The van der Waals surface area contributed by atoms with Crippen LogP contribution in [-0.2, 0) is 4.84 Å². The first-order valence-electron chi connectivity index (χ1n) is 3.64. The van der Waals surface area contributed by atoms with Crippen molar-refractivity contribution in [3.8, 4) is 0 Å². The van der Waals surface area contributed by atoms with E-state index in [4.69, 9.17) is 11.6 Å². The Labute approximate surface area is 61.9 Å². The Kier molecular flexibility index (Phi) is 8.70. The maximum absolute atomic E-state index is 5.30. The second kappa shape index (κ2) is 8.84. The molecule has 0 spiro atoms. The van der Waals surface area contributed by atoms with Gasteiger partial charge in [-0.25, -0.2) is 5.90 Å². The van der Waals surface area contributed by atoms with Gasteiger partial charge in [-0.3, -0.25) is 0 Å². The van der Waals surface area contributed by atoms with E-state index in [1.807, 2.05) is 0 Å². The number of rotatable bonds is 7. The fourth-order valence-corrected chi connectivity index (χ4v) is 0.650. The molecule has 0 radical (unpaired) electrons. The van der Waals surface area contributed by atoms with Crippen LogP contribution in [0.5, 0.6) is 0 Å². The first-order valence-corrected chi connectivity index (χ1v) is 3.64. The van der Waals surface area contributed by atoms with E-state index < -0.39 is 0 Å². The SMILES string of the molecule is NCCCCNCCON. The number of hydrogen-bond donors (Lipinski definition) is 3. The van der Waals surface area contributed by atoms with E-state index in [1.165, 1.54) is 0 Å². The zero-order valence-electron chi connectivity index (χ0n) is 6.31. The Morgan fingerprint density at radius 2 is 2.00 bits per heavy atom. The maximum Gasteiger partial charge on any atom is 0.0803 e. The molecule has 0 rings (SSSR count). The van der Waals surface area contributed by atoms with Crippen LogP contribution in [0.1, 0.15) is 12.8 Å². The molecule has 0 aromatic carbocycles. The Morgan fingerprint density at radius 3 is 2.60 bits per heavy atom. The molecule has 0 amide bonds. The van der Waals surface area contributed by atoms with E-state index in [0.717, 1.165) is 32.5 Å². The van der Waals surface area contributed by atoms with Gasteiger partial charge in [0.1, 0.15) is 0 Å². The van der Waals surface area contributed by atoms with Gasteiger partial charge in [0.2, 0.25) is 0 Å². The third kappa shape index (κ3) is 7.84. The third-order valence-corrected chi connectivity index (χ3v) is 1.20. The summed E-state index contributed by atoms with van der Waals surface area (Å²) in [6.45, 7) is 3.17. The normalized spacial score (nSPS) is 10.2. The average molecular weight is 147 g/mol. The molecule has 0 aliphatic heterocycles. The molecule has 0 fully saturated rings. The molecule has 0 aromatic rings. The monoisotopic (exact) mass is 147 g/mol. The van der Waals surface area contributed by atoms with Crippen molar-refractivity contribution in [2.75, 3.05) is 26.2 Å². The minimum Gasteiger partial charge on any atom is -0.330 e. The topological polar surface area (TPSA) is 73.3 Å². The minimum atomic E-state index is 0.572. The van der Waals surface area contributed by atoms with Gasteiger partial charge in [0, 0.05) is 6.54 Å². The van der Waals surface area contributed by atoms with Crippen LogP contribution >= 0.6 is 0 Å². The van der Waals surface area contributed by atoms with Gasteiger partial charge < -0.3 is 15.9 Å². The quantitative estimate of drug-likeness (QED) is 0.326. The Morgan fingerprint density at radius 1 is 1.20 bits per heavy atom. The fourth-order valence-electron chi connectivity index (χ4n) is 0.650. The van der Waals surface area contributed by atoms with Crippen molar-refractivity contribution in [1.82, 2.24) is 5.32 Å². The lowest BCUT2D eigenvalue weighted by atomic mass is 10.3. The molecule has 0 aliphatic carbocycles. The van der Waals surface area contributed by atoms with Gasteiger partial charge >= 0.3 is 0 Å². The molecule has 4 nitrogen and oxygen atoms in total. The minimum absolute atomic E-state index is 0.572. The third-order valence-electron chi connectivity index (χ3n) is 1.20. The fraction of sp³-hybridized carbons (Fsp3) is 1.00. The van der Waals surface area contributed by atoms with Crippen LogP contribution in [0.25, 0.3) is 0 Å². The van der Waals surface area contributed by atoms with Crippen molar-refractivity contribution in [2.24, 2.45) is 11.6 Å². The van der Waals surface area contributed by atoms with Gasteiger partial charge in [-0.2, -0.15) is 0 Å². The number of nitrogens with one attached hydrogen (secondary N) is 1. The Balaban J connectivity index is 2.65. The van der Waals surface area contributed by atoms with Gasteiger partial charge in [0.25, 0.3) is 0 Å². The van der Waals surface area contributed by atoms with Crippen molar-refractivity contribution >= 4 is 0 Å². The Bertz CT molecular complexity index is 53.0. The van der Waals surface area contributed by atoms with Gasteiger partial charge in [-0.15, -0.1) is 0 Å². The molecule has 0 unspecified atom stereocenters. The molecule has 4 heteroatoms. The molecule has 0 aliphatic rings. The van der Waals surface area contributed by atoms with Crippen LogP contribution in [0.15, 0.2) is 0 Å². The van der Waals surface area contributed by atoms with E-state index in [1.54, 1.807) is 0 Å². The van der Waals surface area contributed by atoms with Crippen LogP contribution in [0.3, 0.4) is 0 Å². The van der Waals surface area contributed by atoms with Crippen molar-refractivity contribution < 1.29 is 4.84 Å². The van der Waals surface area contributed by atoms with Crippen molar-refractivity contribution in [2.45, 2.75) is 12.8 Å². The molecule has 5 N–H and O–H groups in total. The van der Waals surface area contributed by atoms with Crippen molar-refractivity contribution in [1.29, 1.82) is 0 Å². The lowest BCUT2D eigenvalue weighted by Crippen LogP contribution is -2.22. The van der Waals surface area contributed by atoms with Gasteiger partial charge in [-0.05, 0) is 25.9 Å². The summed E-state index contributed by atoms with van der Waals surface area (Å²) in [6.07, 6.45) is 2.21. The molecule has 0 aromatic heterocycles. The lowest BCUT2D eigenvalue weighted by molar-refractivity contribution is 0.140. The van der Waals surface area contributed by atoms with E-state index in [9.17, 15) is 0 Å². The van der Waals surface area contributed by atoms with Crippen LogP contribution in [0.2, 0.25) is 0 Å².